The molecule has 0 aliphatic carbocycles. The zero-order valence-electron chi connectivity index (χ0n) is 13.3. The van der Waals surface area contributed by atoms with Crippen LogP contribution in [0.3, 0.4) is 0 Å². The Labute approximate surface area is 123 Å². The lowest BCUT2D eigenvalue weighted by molar-refractivity contribution is 0.103. The van der Waals surface area contributed by atoms with Gasteiger partial charge in [-0.05, 0) is 71.2 Å². The molecule has 0 saturated heterocycles. The predicted octanol–water partition coefficient (Wildman–Crippen LogP) is 3.35. The molecule has 1 aliphatic rings. The van der Waals surface area contributed by atoms with E-state index in [-0.39, 0.29) is 5.60 Å². The predicted molar refractivity (Wildman–Crippen MR) is 85.6 cm³/mol. The summed E-state index contributed by atoms with van der Waals surface area (Å²) >= 11 is 0. The molecule has 0 bridgehead atoms. The number of hydrogen-bond acceptors (Lipinski definition) is 3. The first kappa shape index (κ1) is 15.2. The van der Waals surface area contributed by atoms with Crippen molar-refractivity contribution < 1.29 is 4.74 Å². The van der Waals surface area contributed by atoms with Gasteiger partial charge in [-0.3, -0.25) is 0 Å². The van der Waals surface area contributed by atoms with Gasteiger partial charge in [-0.1, -0.05) is 6.07 Å². The number of rotatable bonds is 5. The van der Waals surface area contributed by atoms with Crippen LogP contribution < -0.4 is 15.4 Å². The maximum absolute atomic E-state index is 6.12. The summed E-state index contributed by atoms with van der Waals surface area (Å²) in [6.45, 7) is 10.5. The number of anilines is 1. The third-order valence-corrected chi connectivity index (χ3v) is 3.81. The monoisotopic (exact) mass is 276 g/mol. The van der Waals surface area contributed by atoms with Gasteiger partial charge in [0.15, 0.2) is 0 Å². The molecule has 20 heavy (non-hydrogen) atoms. The summed E-state index contributed by atoms with van der Waals surface area (Å²) in [5.41, 5.74) is 8.06. The summed E-state index contributed by atoms with van der Waals surface area (Å²) in [6.07, 6.45) is 3.34. The van der Waals surface area contributed by atoms with Crippen molar-refractivity contribution in [1.29, 1.82) is 0 Å². The van der Waals surface area contributed by atoms with Crippen molar-refractivity contribution in [2.75, 3.05) is 18.0 Å². The molecule has 0 spiro atoms. The van der Waals surface area contributed by atoms with Crippen LogP contribution in [0, 0.1) is 0 Å². The first-order valence-electron chi connectivity index (χ1n) is 7.71. The average Bonchev–Trinajstić information content (AvgIpc) is 2.37. The molecule has 1 aromatic carbocycles. The molecule has 1 heterocycles. The van der Waals surface area contributed by atoms with Crippen LogP contribution in [0.5, 0.6) is 5.75 Å². The normalized spacial score (nSPS) is 17.0. The second-order valence-corrected chi connectivity index (χ2v) is 6.63. The van der Waals surface area contributed by atoms with Crippen LogP contribution in [0.1, 0.15) is 46.1 Å². The van der Waals surface area contributed by atoms with Crippen molar-refractivity contribution in [2.45, 2.75) is 58.6 Å². The van der Waals surface area contributed by atoms with Crippen LogP contribution in [0.4, 0.5) is 5.69 Å². The Bertz CT molecular complexity index is 454. The minimum Gasteiger partial charge on any atom is -0.484 e. The number of aryl methyl sites for hydroxylation is 1. The Kier molecular flexibility index (Phi) is 4.59. The Morgan fingerprint density at radius 1 is 1.30 bits per heavy atom. The van der Waals surface area contributed by atoms with Crippen molar-refractivity contribution in [3.63, 3.8) is 0 Å². The van der Waals surface area contributed by atoms with Crippen LogP contribution in [-0.2, 0) is 6.42 Å². The van der Waals surface area contributed by atoms with Crippen LogP contribution in [-0.4, -0.2) is 24.7 Å². The van der Waals surface area contributed by atoms with Crippen molar-refractivity contribution in [2.24, 2.45) is 5.73 Å². The molecule has 0 amide bonds. The zero-order valence-corrected chi connectivity index (χ0v) is 13.3. The first-order valence-corrected chi connectivity index (χ1v) is 7.71. The van der Waals surface area contributed by atoms with Gasteiger partial charge in [-0.15, -0.1) is 0 Å². The number of hydrogen-bond donors (Lipinski definition) is 1. The lowest BCUT2D eigenvalue weighted by Gasteiger charge is -2.43. The first-order chi connectivity index (χ1) is 9.43. The quantitative estimate of drug-likeness (QED) is 0.838. The van der Waals surface area contributed by atoms with Crippen LogP contribution in [0.15, 0.2) is 18.2 Å². The largest absolute Gasteiger partial charge is 0.484 e. The van der Waals surface area contributed by atoms with Gasteiger partial charge in [-0.25, -0.2) is 0 Å². The number of ether oxygens (including phenoxy) is 1. The highest BCUT2D eigenvalue weighted by Gasteiger charge is 2.32. The van der Waals surface area contributed by atoms with E-state index in [2.05, 4.69) is 50.8 Å². The summed E-state index contributed by atoms with van der Waals surface area (Å²) in [5.74, 6) is 1.01. The fourth-order valence-corrected chi connectivity index (χ4v) is 2.79. The van der Waals surface area contributed by atoms with E-state index in [1.807, 2.05) is 0 Å². The van der Waals surface area contributed by atoms with Crippen molar-refractivity contribution in [1.82, 2.24) is 0 Å². The van der Waals surface area contributed by atoms with E-state index in [9.17, 15) is 0 Å². The average molecular weight is 276 g/mol. The third-order valence-electron chi connectivity index (χ3n) is 3.81. The van der Waals surface area contributed by atoms with Crippen molar-refractivity contribution in [3.05, 3.63) is 23.8 Å². The Balaban J connectivity index is 2.24. The molecule has 3 heteroatoms. The fourth-order valence-electron chi connectivity index (χ4n) is 2.79. The van der Waals surface area contributed by atoms with Gasteiger partial charge in [0, 0.05) is 6.04 Å². The second kappa shape index (κ2) is 6.04. The summed E-state index contributed by atoms with van der Waals surface area (Å²) in [6, 6.07) is 7.09. The molecule has 2 N–H and O–H groups in total. The number of nitrogens with zero attached hydrogens (tertiary/aromatic N) is 1. The minimum absolute atomic E-state index is 0.127. The van der Waals surface area contributed by atoms with Gasteiger partial charge < -0.3 is 15.4 Å². The van der Waals surface area contributed by atoms with Crippen LogP contribution in [0.25, 0.3) is 0 Å². The molecule has 0 aromatic heterocycles. The molecular weight excluding hydrogens is 248 g/mol. The molecule has 0 fully saturated rings. The highest BCUT2D eigenvalue weighted by Crippen LogP contribution is 2.38. The van der Waals surface area contributed by atoms with Crippen molar-refractivity contribution >= 4 is 5.69 Å². The second-order valence-electron chi connectivity index (χ2n) is 6.63. The van der Waals surface area contributed by atoms with E-state index in [4.69, 9.17) is 10.5 Å². The van der Waals surface area contributed by atoms with Gasteiger partial charge in [0.2, 0.25) is 0 Å². The number of fused-ring (bicyclic) bond motifs is 1. The third kappa shape index (κ3) is 3.45. The van der Waals surface area contributed by atoms with E-state index in [0.717, 1.165) is 38.1 Å². The van der Waals surface area contributed by atoms with E-state index in [0.29, 0.717) is 6.04 Å². The highest BCUT2D eigenvalue weighted by atomic mass is 16.5. The standard InChI is InChI=1S/C17H28N2O/c1-13(2)19-12-17(3,4)20-16-9-8-14(11-15(16)19)7-5-6-10-18/h8-9,11,13H,5-7,10,12,18H2,1-4H3. The molecular formula is C17H28N2O. The SMILES string of the molecule is CC(C)N1CC(C)(C)Oc2ccc(CCCCN)cc21. The fraction of sp³-hybridized carbons (Fsp3) is 0.647. The van der Waals surface area contributed by atoms with E-state index < -0.39 is 0 Å². The Morgan fingerprint density at radius 2 is 2.05 bits per heavy atom. The van der Waals surface area contributed by atoms with E-state index in [1.54, 1.807) is 0 Å². The maximum atomic E-state index is 6.12. The van der Waals surface area contributed by atoms with Gasteiger partial charge in [0.1, 0.15) is 11.4 Å². The molecule has 2 rings (SSSR count). The molecule has 1 aromatic rings. The Hall–Kier alpha value is -1.22. The molecule has 0 radical (unpaired) electrons. The van der Waals surface area contributed by atoms with E-state index >= 15 is 0 Å². The summed E-state index contributed by atoms with van der Waals surface area (Å²) in [5, 5.41) is 0. The number of unbranched alkanes of at least 4 members (excludes halogenated alkanes) is 1. The highest BCUT2D eigenvalue weighted by molar-refractivity contribution is 5.62. The number of nitrogens with two attached hydrogens (primary N) is 1. The number of benzene rings is 1. The van der Waals surface area contributed by atoms with Crippen LogP contribution >= 0.6 is 0 Å². The topological polar surface area (TPSA) is 38.5 Å². The van der Waals surface area contributed by atoms with Gasteiger partial charge in [0.25, 0.3) is 0 Å². The summed E-state index contributed by atoms with van der Waals surface area (Å²) in [7, 11) is 0. The zero-order chi connectivity index (χ0) is 14.8. The molecule has 0 unspecified atom stereocenters. The molecule has 3 nitrogen and oxygen atoms in total. The molecule has 1 aliphatic heterocycles. The summed E-state index contributed by atoms with van der Waals surface area (Å²) in [4.78, 5) is 2.45. The van der Waals surface area contributed by atoms with Crippen molar-refractivity contribution in [3.8, 4) is 5.75 Å². The van der Waals surface area contributed by atoms with E-state index in [1.165, 1.54) is 11.3 Å². The molecule has 112 valence electrons. The smallest absolute Gasteiger partial charge is 0.143 e. The minimum atomic E-state index is -0.127. The van der Waals surface area contributed by atoms with Crippen LogP contribution in [0.2, 0.25) is 0 Å². The maximum Gasteiger partial charge on any atom is 0.143 e. The lowest BCUT2D eigenvalue weighted by atomic mass is 10.0. The molecule has 0 atom stereocenters. The molecule has 0 saturated carbocycles. The summed E-state index contributed by atoms with van der Waals surface area (Å²) < 4.78 is 6.12. The van der Waals surface area contributed by atoms with Gasteiger partial charge in [-0.2, -0.15) is 0 Å². The lowest BCUT2D eigenvalue weighted by Crippen LogP contribution is -2.49. The van der Waals surface area contributed by atoms with Gasteiger partial charge in [0.05, 0.1) is 12.2 Å². The Morgan fingerprint density at radius 3 is 2.70 bits per heavy atom. The van der Waals surface area contributed by atoms with Gasteiger partial charge >= 0.3 is 0 Å².